The van der Waals surface area contributed by atoms with E-state index in [1.807, 2.05) is 0 Å². The largest absolute Gasteiger partial charge is 0.506 e. The quantitative estimate of drug-likeness (QED) is 0.135. The van der Waals surface area contributed by atoms with Gasteiger partial charge in [-0.05, 0) is 67.6 Å². The molecule has 0 spiro atoms. The lowest BCUT2D eigenvalue weighted by molar-refractivity contribution is -0.143. The lowest BCUT2D eigenvalue weighted by Gasteiger charge is -2.24. The van der Waals surface area contributed by atoms with Crippen LogP contribution in [0.5, 0.6) is 5.75 Å². The lowest BCUT2D eigenvalue weighted by Crippen LogP contribution is -2.57. The highest BCUT2D eigenvalue weighted by Gasteiger charge is 2.31. The van der Waals surface area contributed by atoms with Gasteiger partial charge >= 0.3 is 11.9 Å². The number of benzene rings is 2. The summed E-state index contributed by atoms with van der Waals surface area (Å²) in [6.45, 7) is -0.345. The second-order valence-corrected chi connectivity index (χ2v) is 10.9. The first kappa shape index (κ1) is 36.1. The monoisotopic (exact) mass is 654 g/mol. The summed E-state index contributed by atoms with van der Waals surface area (Å²) in [7, 11) is 0. The van der Waals surface area contributed by atoms with Crippen molar-refractivity contribution in [2.45, 2.75) is 62.7 Å². The normalized spacial score (nSPS) is 21.5. The summed E-state index contributed by atoms with van der Waals surface area (Å²) in [5.74, 6) is -6.51. The van der Waals surface area contributed by atoms with Gasteiger partial charge in [-0.1, -0.05) is 18.2 Å². The van der Waals surface area contributed by atoms with Crippen LogP contribution in [0, 0.1) is 0 Å². The van der Waals surface area contributed by atoms with Crippen LogP contribution in [-0.4, -0.2) is 88.1 Å². The Bertz CT molecular complexity index is 1500. The molecule has 252 valence electrons. The Kier molecular flexibility index (Phi) is 13.3. The third kappa shape index (κ3) is 11.5. The van der Waals surface area contributed by atoms with Crippen LogP contribution >= 0.6 is 0 Å². The molecule has 11 N–H and O–H groups in total. The SMILES string of the molecule is NCCCCC1NC(=O)C(CC(=O)O)NC(=O)CNC(=O)C(N)Cc2ccc(cc2)N=Nc2cc(ccc2O)CC(C(=O)O)NC1=O. The van der Waals surface area contributed by atoms with Crippen molar-refractivity contribution in [3.8, 4) is 5.75 Å². The van der Waals surface area contributed by atoms with E-state index in [2.05, 4.69) is 31.5 Å². The first-order chi connectivity index (χ1) is 22.4. The van der Waals surface area contributed by atoms with Crippen molar-refractivity contribution in [3.05, 3.63) is 53.6 Å². The summed E-state index contributed by atoms with van der Waals surface area (Å²) in [5.41, 5.74) is 13.0. The van der Waals surface area contributed by atoms with Crippen LogP contribution in [0.25, 0.3) is 0 Å². The molecule has 2 heterocycles. The molecule has 0 aliphatic carbocycles. The summed E-state index contributed by atoms with van der Waals surface area (Å²) in [6.07, 6.45) is -0.150. The summed E-state index contributed by atoms with van der Waals surface area (Å²) in [6, 6.07) is 5.18. The second-order valence-electron chi connectivity index (χ2n) is 10.9. The number of nitrogens with two attached hydrogens (primary N) is 2. The number of hydrogen-bond donors (Lipinski definition) is 9. The maximum atomic E-state index is 13.3. The lowest BCUT2D eigenvalue weighted by atomic mass is 10.0. The molecule has 4 unspecified atom stereocenters. The fraction of sp³-hybridized carbons (Fsp3) is 0.400. The number of carbonyl (C=O) groups excluding carboxylic acids is 4. The Morgan fingerprint density at radius 3 is 2.17 bits per heavy atom. The van der Waals surface area contributed by atoms with E-state index in [0.717, 1.165) is 0 Å². The zero-order valence-electron chi connectivity index (χ0n) is 25.3. The van der Waals surface area contributed by atoms with E-state index in [4.69, 9.17) is 11.5 Å². The number of rotatable bonds is 7. The first-order valence-corrected chi connectivity index (χ1v) is 14.8. The molecule has 0 radical (unpaired) electrons. The van der Waals surface area contributed by atoms with Crippen molar-refractivity contribution in [1.29, 1.82) is 0 Å². The van der Waals surface area contributed by atoms with Gasteiger partial charge in [-0.15, -0.1) is 5.11 Å². The predicted molar refractivity (Wildman–Crippen MR) is 166 cm³/mol. The van der Waals surface area contributed by atoms with Gasteiger partial charge in [0, 0.05) is 6.42 Å². The molecule has 4 rings (SSSR count). The van der Waals surface area contributed by atoms with Gasteiger partial charge in [0.2, 0.25) is 23.6 Å². The van der Waals surface area contributed by atoms with Crippen LogP contribution in [0.4, 0.5) is 11.4 Å². The number of nitrogens with one attached hydrogen (secondary N) is 4. The molecular weight excluding hydrogens is 616 g/mol. The molecule has 0 fully saturated rings. The molecule has 2 aromatic carbocycles. The van der Waals surface area contributed by atoms with Crippen LogP contribution in [-0.2, 0) is 41.6 Å². The highest BCUT2D eigenvalue weighted by atomic mass is 16.4. The van der Waals surface area contributed by atoms with Gasteiger partial charge in [0.25, 0.3) is 0 Å². The molecule has 2 aliphatic rings. The van der Waals surface area contributed by atoms with E-state index >= 15 is 0 Å². The predicted octanol–water partition coefficient (Wildman–Crippen LogP) is -0.508. The minimum absolute atomic E-state index is 0.0211. The number of carboxylic acids is 2. The molecule has 17 heteroatoms. The Morgan fingerprint density at radius 1 is 0.830 bits per heavy atom. The molecule has 2 aromatic rings. The Labute approximate surface area is 269 Å². The number of carboxylic acid groups (broad SMARTS) is 2. The van der Waals surface area contributed by atoms with Crippen molar-refractivity contribution < 1.29 is 44.1 Å². The molecule has 0 aromatic heterocycles. The van der Waals surface area contributed by atoms with E-state index in [-0.39, 0.29) is 37.2 Å². The topological polar surface area (TPSA) is 288 Å². The fourth-order valence-corrected chi connectivity index (χ4v) is 4.60. The van der Waals surface area contributed by atoms with Gasteiger partial charge in [-0.3, -0.25) is 24.0 Å². The van der Waals surface area contributed by atoms with Crippen molar-refractivity contribution in [1.82, 2.24) is 21.3 Å². The Morgan fingerprint density at radius 2 is 1.51 bits per heavy atom. The zero-order chi connectivity index (χ0) is 34.5. The molecule has 4 atom stereocenters. The summed E-state index contributed by atoms with van der Waals surface area (Å²) in [5, 5.41) is 47.1. The molecule has 0 saturated heterocycles. The van der Waals surface area contributed by atoms with Gasteiger partial charge in [0.05, 0.1) is 24.7 Å². The standard InChI is InChI=1S/C30H38N8O9/c31-10-2-1-3-20-28(44)36-23(30(46)47)13-17-6-9-24(39)21(12-17)38-37-18-7-4-16(5-8-18)11-19(32)27(43)33-15-25(40)34-22(14-26(41)42)29(45)35-20/h4-9,12,19-20,22-23,39H,1-3,10-11,13-15,31-32H2,(H,33,43)(H,34,40)(H,35,45)(H,36,44)(H,41,42)(H,46,47). The number of fused-ring (bicyclic) bond motifs is 16. The van der Waals surface area contributed by atoms with Crippen molar-refractivity contribution >= 4 is 46.9 Å². The summed E-state index contributed by atoms with van der Waals surface area (Å²) < 4.78 is 0. The molecule has 47 heavy (non-hydrogen) atoms. The number of amides is 4. The van der Waals surface area contributed by atoms with E-state index in [1.54, 1.807) is 24.3 Å². The van der Waals surface area contributed by atoms with E-state index in [1.165, 1.54) is 18.2 Å². The van der Waals surface area contributed by atoms with Crippen LogP contribution in [0.2, 0.25) is 0 Å². The molecule has 2 aliphatic heterocycles. The fourth-order valence-electron chi connectivity index (χ4n) is 4.60. The van der Waals surface area contributed by atoms with Gasteiger partial charge in [-0.25, -0.2) is 4.79 Å². The number of phenolic OH excluding ortho intramolecular Hbond substituents is 1. The smallest absolute Gasteiger partial charge is 0.326 e. The number of phenols is 1. The van der Waals surface area contributed by atoms with Crippen molar-refractivity contribution in [2.24, 2.45) is 21.7 Å². The third-order valence-corrected chi connectivity index (χ3v) is 7.13. The van der Waals surface area contributed by atoms with E-state index in [0.29, 0.717) is 29.7 Å². The van der Waals surface area contributed by atoms with Crippen LogP contribution in [0.3, 0.4) is 0 Å². The molecule has 17 nitrogen and oxygen atoms in total. The molecule has 4 bridgehead atoms. The number of nitrogens with zero attached hydrogens (tertiary/aromatic N) is 2. The highest BCUT2D eigenvalue weighted by Crippen LogP contribution is 2.30. The minimum Gasteiger partial charge on any atom is -0.506 e. The highest BCUT2D eigenvalue weighted by molar-refractivity contribution is 5.96. The van der Waals surface area contributed by atoms with Crippen LogP contribution in [0.15, 0.2) is 52.7 Å². The number of azo groups is 1. The second kappa shape index (κ2) is 17.3. The van der Waals surface area contributed by atoms with Crippen LogP contribution in [0.1, 0.15) is 36.8 Å². The van der Waals surface area contributed by atoms with Gasteiger partial charge in [0.15, 0.2) is 0 Å². The molecule has 0 saturated carbocycles. The number of aliphatic carboxylic acids is 2. The Hall–Kier alpha value is -5.42. The average Bonchev–Trinajstić information content (AvgIpc) is 3.02. The third-order valence-electron chi connectivity index (χ3n) is 7.13. The number of aromatic hydroxyl groups is 1. The minimum atomic E-state index is -1.64. The maximum absolute atomic E-state index is 13.3. The summed E-state index contributed by atoms with van der Waals surface area (Å²) in [4.78, 5) is 75.3. The Balaban J connectivity index is 1.97. The zero-order valence-corrected chi connectivity index (χ0v) is 25.3. The van der Waals surface area contributed by atoms with E-state index < -0.39 is 72.7 Å². The van der Waals surface area contributed by atoms with Gasteiger partial charge in [-0.2, -0.15) is 5.11 Å². The first-order valence-electron chi connectivity index (χ1n) is 14.8. The molecular formula is C30H38N8O9. The van der Waals surface area contributed by atoms with E-state index in [9.17, 15) is 44.1 Å². The van der Waals surface area contributed by atoms with Crippen LogP contribution < -0.4 is 32.7 Å². The summed E-state index contributed by atoms with van der Waals surface area (Å²) >= 11 is 0. The molecule has 4 amide bonds. The van der Waals surface area contributed by atoms with Gasteiger partial charge < -0.3 is 48.1 Å². The number of hydrogen-bond acceptors (Lipinski definition) is 11. The van der Waals surface area contributed by atoms with Crippen molar-refractivity contribution in [2.75, 3.05) is 13.1 Å². The number of unbranched alkanes of at least 4 members (excludes halogenated alkanes) is 1. The van der Waals surface area contributed by atoms with Crippen molar-refractivity contribution in [3.63, 3.8) is 0 Å². The van der Waals surface area contributed by atoms with Gasteiger partial charge in [0.1, 0.15) is 29.6 Å². The average molecular weight is 655 g/mol. The number of carbonyl (C=O) groups is 6. The maximum Gasteiger partial charge on any atom is 0.326 e.